The maximum absolute atomic E-state index is 12.4. The van der Waals surface area contributed by atoms with E-state index in [1.54, 1.807) is 24.3 Å². The zero-order valence-electron chi connectivity index (χ0n) is 14.6. The number of rotatable bonds is 6. The van der Waals surface area contributed by atoms with E-state index in [1.165, 1.54) is 5.56 Å². The van der Waals surface area contributed by atoms with E-state index in [9.17, 15) is 8.42 Å². The number of nitrogens with one attached hydrogen (secondary N) is 1. The van der Waals surface area contributed by atoms with E-state index in [-0.39, 0.29) is 12.0 Å². The van der Waals surface area contributed by atoms with Crippen molar-refractivity contribution < 1.29 is 13.2 Å². The molecule has 138 valence electrons. The van der Waals surface area contributed by atoms with Gasteiger partial charge in [0, 0.05) is 38.0 Å². The van der Waals surface area contributed by atoms with Crippen LogP contribution in [0.15, 0.2) is 65.6 Å². The minimum Gasteiger partial charge on any atom is -0.376 e. The summed E-state index contributed by atoms with van der Waals surface area (Å²) < 4.78 is 33.6. The van der Waals surface area contributed by atoms with Crippen molar-refractivity contribution in [3.8, 4) is 0 Å². The molecule has 0 bridgehead atoms. The average molecular weight is 372 g/mol. The van der Waals surface area contributed by atoms with Crippen molar-refractivity contribution in [3.05, 3.63) is 66.2 Å². The molecule has 2 aliphatic rings. The van der Waals surface area contributed by atoms with Gasteiger partial charge in [-0.2, -0.15) is 0 Å². The van der Waals surface area contributed by atoms with Crippen molar-refractivity contribution in [2.24, 2.45) is 11.8 Å². The Morgan fingerprint density at radius 2 is 1.69 bits per heavy atom. The molecule has 0 saturated carbocycles. The molecule has 0 radical (unpaired) electrons. The van der Waals surface area contributed by atoms with Gasteiger partial charge in [-0.25, -0.2) is 13.1 Å². The summed E-state index contributed by atoms with van der Waals surface area (Å²) in [4.78, 5) is 2.72. The van der Waals surface area contributed by atoms with E-state index < -0.39 is 10.0 Å². The number of nitrogens with zero attached hydrogens (tertiary/aromatic N) is 1. The van der Waals surface area contributed by atoms with Gasteiger partial charge >= 0.3 is 0 Å². The van der Waals surface area contributed by atoms with Crippen LogP contribution in [0.25, 0.3) is 0 Å². The van der Waals surface area contributed by atoms with E-state index in [4.69, 9.17) is 4.74 Å². The Kier molecular flexibility index (Phi) is 5.09. The van der Waals surface area contributed by atoms with E-state index in [2.05, 4.69) is 33.9 Å². The molecule has 26 heavy (non-hydrogen) atoms. The molecule has 1 N–H and O–H groups in total. The maximum Gasteiger partial charge on any atom is 0.240 e. The molecule has 2 aliphatic heterocycles. The fourth-order valence-electron chi connectivity index (χ4n) is 3.96. The van der Waals surface area contributed by atoms with Gasteiger partial charge in [-0.15, -0.1) is 0 Å². The summed E-state index contributed by atoms with van der Waals surface area (Å²) in [6.07, 6.45) is 0.213. The van der Waals surface area contributed by atoms with Crippen molar-refractivity contribution in [1.82, 2.24) is 9.62 Å². The molecule has 5 nitrogen and oxygen atoms in total. The number of fused-ring (bicyclic) bond motifs is 1. The predicted octanol–water partition coefficient (Wildman–Crippen LogP) is 2.11. The van der Waals surface area contributed by atoms with E-state index in [0.717, 1.165) is 19.6 Å². The lowest BCUT2D eigenvalue weighted by molar-refractivity contribution is 0.0942. The van der Waals surface area contributed by atoms with E-state index in [0.29, 0.717) is 24.0 Å². The Hall–Kier alpha value is -1.73. The lowest BCUT2D eigenvalue weighted by atomic mass is 9.93. The van der Waals surface area contributed by atoms with E-state index >= 15 is 0 Å². The van der Waals surface area contributed by atoms with Crippen LogP contribution in [0.3, 0.4) is 0 Å². The molecule has 2 fully saturated rings. The first-order chi connectivity index (χ1) is 12.6. The molecule has 2 aromatic rings. The van der Waals surface area contributed by atoms with Crippen LogP contribution in [0, 0.1) is 11.8 Å². The van der Waals surface area contributed by atoms with Crippen LogP contribution in [0.1, 0.15) is 5.56 Å². The van der Waals surface area contributed by atoms with Gasteiger partial charge in [0.25, 0.3) is 0 Å². The minimum absolute atomic E-state index is 0.213. The molecular formula is C20H24N2O3S. The highest BCUT2D eigenvalue weighted by Crippen LogP contribution is 2.34. The van der Waals surface area contributed by atoms with Crippen molar-refractivity contribution in [2.45, 2.75) is 17.5 Å². The Bertz CT molecular complexity index is 827. The number of hydrogen-bond acceptors (Lipinski definition) is 4. The Balaban J connectivity index is 1.35. The van der Waals surface area contributed by atoms with Crippen LogP contribution in [0.2, 0.25) is 0 Å². The third kappa shape index (κ3) is 3.83. The number of sulfonamides is 1. The van der Waals surface area contributed by atoms with Gasteiger partial charge in [0.15, 0.2) is 0 Å². The fraction of sp³-hybridized carbons (Fsp3) is 0.400. The number of ether oxygens (including phenoxy) is 1. The van der Waals surface area contributed by atoms with Crippen LogP contribution < -0.4 is 4.72 Å². The fourth-order valence-corrected chi connectivity index (χ4v) is 5.08. The quantitative estimate of drug-likeness (QED) is 0.844. The standard InChI is InChI=1S/C20H24N2O3S/c23-26(24,18-9-5-2-6-10-18)21-11-17-15-25-20-14-22(13-19(17)20)12-16-7-3-1-4-8-16/h1-10,17,19-21H,11-15H2/t17-,19+,20+/m1/s1. The van der Waals surface area contributed by atoms with Gasteiger partial charge in [0.05, 0.1) is 17.6 Å². The minimum atomic E-state index is -3.46. The molecule has 2 saturated heterocycles. The predicted molar refractivity (Wildman–Crippen MR) is 100 cm³/mol. The molecule has 0 aromatic heterocycles. The third-order valence-electron chi connectivity index (χ3n) is 5.35. The van der Waals surface area contributed by atoms with Gasteiger partial charge in [0.1, 0.15) is 0 Å². The van der Waals surface area contributed by atoms with Gasteiger partial charge in [-0.3, -0.25) is 4.90 Å². The van der Waals surface area contributed by atoms with Gasteiger partial charge in [-0.05, 0) is 17.7 Å². The highest BCUT2D eigenvalue weighted by atomic mass is 32.2. The van der Waals surface area contributed by atoms with Crippen molar-refractivity contribution in [1.29, 1.82) is 0 Å². The van der Waals surface area contributed by atoms with Gasteiger partial charge < -0.3 is 4.74 Å². The zero-order chi connectivity index (χ0) is 18.0. The monoisotopic (exact) mass is 372 g/mol. The van der Waals surface area contributed by atoms with E-state index in [1.807, 2.05) is 12.1 Å². The first-order valence-corrected chi connectivity index (χ1v) is 10.5. The van der Waals surface area contributed by atoms with Crippen LogP contribution in [0.4, 0.5) is 0 Å². The smallest absolute Gasteiger partial charge is 0.240 e. The van der Waals surface area contributed by atoms with Gasteiger partial charge in [-0.1, -0.05) is 48.5 Å². The number of likely N-dealkylation sites (tertiary alicyclic amines) is 1. The highest BCUT2D eigenvalue weighted by Gasteiger charge is 2.43. The SMILES string of the molecule is O=S(=O)(NC[C@@H]1CO[C@H]2CN(Cc3ccccc3)C[C@@H]12)c1ccccc1. The molecule has 0 aliphatic carbocycles. The lowest BCUT2D eigenvalue weighted by Crippen LogP contribution is -2.34. The molecule has 3 atom stereocenters. The lowest BCUT2D eigenvalue weighted by Gasteiger charge is -2.20. The number of hydrogen-bond donors (Lipinski definition) is 1. The second kappa shape index (κ2) is 7.48. The maximum atomic E-state index is 12.4. The highest BCUT2D eigenvalue weighted by molar-refractivity contribution is 7.89. The summed E-state index contributed by atoms with van der Waals surface area (Å²) in [7, 11) is -3.46. The Labute approximate surface area is 155 Å². The second-order valence-electron chi connectivity index (χ2n) is 7.14. The van der Waals surface area contributed by atoms with Crippen LogP contribution in [0.5, 0.6) is 0 Å². The summed E-state index contributed by atoms with van der Waals surface area (Å²) in [5.41, 5.74) is 1.30. The summed E-state index contributed by atoms with van der Waals surface area (Å²) in [5.74, 6) is 0.608. The third-order valence-corrected chi connectivity index (χ3v) is 6.79. The first-order valence-electron chi connectivity index (χ1n) is 9.04. The summed E-state index contributed by atoms with van der Waals surface area (Å²) in [6.45, 7) is 3.85. The summed E-state index contributed by atoms with van der Waals surface area (Å²) in [5, 5.41) is 0. The average Bonchev–Trinajstić information content (AvgIpc) is 3.22. The largest absolute Gasteiger partial charge is 0.376 e. The van der Waals surface area contributed by atoms with Crippen molar-refractivity contribution >= 4 is 10.0 Å². The normalized spacial score (nSPS) is 26.1. The molecule has 2 heterocycles. The molecule has 0 unspecified atom stereocenters. The Morgan fingerprint density at radius 1 is 1.00 bits per heavy atom. The second-order valence-corrected chi connectivity index (χ2v) is 8.91. The first kappa shape index (κ1) is 17.7. The molecule has 2 aromatic carbocycles. The van der Waals surface area contributed by atoms with Gasteiger partial charge in [0.2, 0.25) is 10.0 Å². The van der Waals surface area contributed by atoms with Crippen LogP contribution in [-0.2, 0) is 21.3 Å². The van der Waals surface area contributed by atoms with Crippen LogP contribution >= 0.6 is 0 Å². The van der Waals surface area contributed by atoms with Crippen LogP contribution in [-0.4, -0.2) is 45.7 Å². The summed E-state index contributed by atoms with van der Waals surface area (Å²) >= 11 is 0. The molecule has 6 heteroatoms. The topological polar surface area (TPSA) is 58.6 Å². The number of benzene rings is 2. The molecule has 0 spiro atoms. The van der Waals surface area contributed by atoms with Crippen molar-refractivity contribution in [3.63, 3.8) is 0 Å². The molecule has 0 amide bonds. The molecule has 4 rings (SSSR count). The van der Waals surface area contributed by atoms with Crippen molar-refractivity contribution in [2.75, 3.05) is 26.2 Å². The molecular weight excluding hydrogens is 348 g/mol. The summed E-state index contributed by atoms with van der Waals surface area (Å²) in [6, 6.07) is 19.0. The zero-order valence-corrected chi connectivity index (χ0v) is 15.4. The Morgan fingerprint density at radius 3 is 2.42 bits per heavy atom.